The molecule has 0 aliphatic rings. The van der Waals surface area contributed by atoms with Crippen molar-refractivity contribution in [3.63, 3.8) is 0 Å². The number of halogens is 3. The number of pyridine rings is 1. The van der Waals surface area contributed by atoms with Gasteiger partial charge in [-0.25, -0.2) is 0 Å². The molecule has 0 aromatic carbocycles. The molecule has 21 heavy (non-hydrogen) atoms. The lowest BCUT2D eigenvalue weighted by atomic mass is 10.2. The second-order valence-corrected chi connectivity index (χ2v) is 4.17. The molecule has 1 rings (SSSR count). The fraction of sp³-hybridized carbons (Fsp3) is 0.417. The van der Waals surface area contributed by atoms with Crippen LogP contribution in [0.4, 0.5) is 13.2 Å². The third kappa shape index (κ3) is 4.33. The van der Waals surface area contributed by atoms with E-state index in [0.29, 0.717) is 6.07 Å². The van der Waals surface area contributed by atoms with Crippen LogP contribution in [0, 0.1) is 0 Å². The normalized spacial score (nSPS) is 11.1. The van der Waals surface area contributed by atoms with Crippen LogP contribution in [0.2, 0.25) is 0 Å². The Morgan fingerprint density at radius 2 is 1.95 bits per heavy atom. The summed E-state index contributed by atoms with van der Waals surface area (Å²) in [6.45, 7) is -0.0219. The number of methoxy groups -OCH3 is 1. The molecule has 0 saturated heterocycles. The summed E-state index contributed by atoms with van der Waals surface area (Å²) in [7, 11) is 2.51. The Hall–Kier alpha value is -2.32. The molecule has 6 nitrogen and oxygen atoms in total. The highest BCUT2D eigenvalue weighted by Crippen LogP contribution is 2.26. The van der Waals surface area contributed by atoms with Crippen molar-refractivity contribution >= 4 is 11.9 Å². The average molecular weight is 306 g/mol. The minimum absolute atomic E-state index is 0.0219. The van der Waals surface area contributed by atoms with Crippen molar-refractivity contribution in [2.24, 2.45) is 0 Å². The van der Waals surface area contributed by atoms with E-state index in [4.69, 9.17) is 0 Å². The number of nitrogens with zero attached hydrogens (tertiary/aromatic N) is 1. The highest BCUT2D eigenvalue weighted by molar-refractivity contribution is 5.93. The Balaban J connectivity index is 2.88. The molecule has 1 heterocycles. The van der Waals surface area contributed by atoms with Crippen molar-refractivity contribution in [3.05, 3.63) is 33.7 Å². The van der Waals surface area contributed by atoms with E-state index in [0.717, 1.165) is 11.0 Å². The van der Waals surface area contributed by atoms with Gasteiger partial charge >= 0.3 is 12.1 Å². The lowest BCUT2D eigenvalue weighted by Gasteiger charge is -2.16. The Morgan fingerprint density at radius 1 is 1.33 bits per heavy atom. The van der Waals surface area contributed by atoms with Crippen molar-refractivity contribution in [3.8, 4) is 0 Å². The van der Waals surface area contributed by atoms with Crippen molar-refractivity contribution in [1.29, 1.82) is 0 Å². The summed E-state index contributed by atoms with van der Waals surface area (Å²) >= 11 is 0. The van der Waals surface area contributed by atoms with E-state index in [1.165, 1.54) is 14.2 Å². The summed E-state index contributed by atoms with van der Waals surface area (Å²) in [6.07, 6.45) is -4.78. The molecule has 0 radical (unpaired) electrons. The van der Waals surface area contributed by atoms with E-state index >= 15 is 0 Å². The number of ether oxygens (including phenoxy) is 1. The van der Waals surface area contributed by atoms with Crippen molar-refractivity contribution < 1.29 is 27.5 Å². The molecule has 116 valence electrons. The molecule has 0 aliphatic heterocycles. The lowest BCUT2D eigenvalue weighted by molar-refractivity contribution is -0.142. The van der Waals surface area contributed by atoms with E-state index in [1.54, 1.807) is 4.98 Å². The maximum Gasteiger partial charge on any atom is 0.431 e. The maximum atomic E-state index is 12.4. The van der Waals surface area contributed by atoms with Crippen LogP contribution in [0.1, 0.15) is 22.5 Å². The SMILES string of the molecule is COC(=O)CCN(C)C(=O)c1ccc(C(F)(F)F)[nH]c1=O. The number of H-pyrrole nitrogens is 1. The summed E-state index contributed by atoms with van der Waals surface area (Å²) in [4.78, 5) is 37.0. The van der Waals surface area contributed by atoms with Gasteiger partial charge in [0, 0.05) is 13.6 Å². The first-order valence-corrected chi connectivity index (χ1v) is 5.79. The standard InChI is InChI=1S/C12H13F3N2O4/c1-17(6-5-9(18)21-2)11(20)7-3-4-8(12(13,14)15)16-10(7)19/h3-4H,5-6H2,1-2H3,(H,16,19). The predicted molar refractivity (Wildman–Crippen MR) is 65.7 cm³/mol. The Labute approximate surface area is 117 Å². The van der Waals surface area contributed by atoms with Crippen LogP contribution in [-0.4, -0.2) is 42.5 Å². The summed E-state index contributed by atoms with van der Waals surface area (Å²) in [5.41, 5.74) is -2.81. The largest absolute Gasteiger partial charge is 0.469 e. The molecule has 1 N–H and O–H groups in total. The first-order chi connectivity index (χ1) is 9.66. The zero-order valence-electron chi connectivity index (χ0n) is 11.3. The van der Waals surface area contributed by atoms with E-state index < -0.39 is 34.9 Å². The summed E-state index contributed by atoms with van der Waals surface area (Å²) in [6, 6.07) is 1.42. The Bertz CT molecular complexity index is 595. The molecule has 0 atom stereocenters. The quantitative estimate of drug-likeness (QED) is 0.843. The van der Waals surface area contributed by atoms with Gasteiger partial charge < -0.3 is 14.6 Å². The van der Waals surface area contributed by atoms with Crippen LogP contribution in [-0.2, 0) is 15.7 Å². The topological polar surface area (TPSA) is 79.5 Å². The number of esters is 1. The summed E-state index contributed by atoms with van der Waals surface area (Å²) in [5.74, 6) is -1.33. The number of amides is 1. The highest BCUT2D eigenvalue weighted by Gasteiger charge is 2.32. The fourth-order valence-corrected chi connectivity index (χ4v) is 1.48. The molecule has 0 saturated carbocycles. The van der Waals surface area contributed by atoms with Crippen molar-refractivity contribution in [2.75, 3.05) is 20.7 Å². The number of carbonyl (C=O) groups excluding carboxylic acids is 2. The molecule has 0 spiro atoms. The molecule has 0 bridgehead atoms. The number of rotatable bonds is 4. The number of hydrogen-bond acceptors (Lipinski definition) is 4. The van der Waals surface area contributed by atoms with Crippen molar-refractivity contribution in [2.45, 2.75) is 12.6 Å². The Kier molecular flexibility index (Phi) is 5.12. The number of alkyl halides is 3. The van der Waals surface area contributed by atoms with Gasteiger partial charge in [0.25, 0.3) is 11.5 Å². The van der Waals surface area contributed by atoms with Gasteiger partial charge in [-0.15, -0.1) is 0 Å². The lowest BCUT2D eigenvalue weighted by Crippen LogP contribution is -2.34. The van der Waals surface area contributed by atoms with Crippen LogP contribution in [0.3, 0.4) is 0 Å². The van der Waals surface area contributed by atoms with Crippen LogP contribution >= 0.6 is 0 Å². The third-order valence-electron chi connectivity index (χ3n) is 2.67. The van der Waals surface area contributed by atoms with Gasteiger partial charge in [0.1, 0.15) is 11.3 Å². The number of carbonyl (C=O) groups is 2. The second-order valence-electron chi connectivity index (χ2n) is 4.17. The highest BCUT2D eigenvalue weighted by atomic mass is 19.4. The minimum atomic E-state index is -4.70. The molecule has 1 aromatic heterocycles. The predicted octanol–water partition coefficient (Wildman–Crippen LogP) is 1.03. The van der Waals surface area contributed by atoms with Gasteiger partial charge in [-0.1, -0.05) is 0 Å². The monoisotopic (exact) mass is 306 g/mol. The van der Waals surface area contributed by atoms with Gasteiger partial charge in [-0.05, 0) is 12.1 Å². The number of hydrogen-bond donors (Lipinski definition) is 1. The minimum Gasteiger partial charge on any atom is -0.469 e. The van der Waals surface area contributed by atoms with E-state index in [2.05, 4.69) is 4.74 Å². The fourth-order valence-electron chi connectivity index (χ4n) is 1.48. The summed E-state index contributed by atoms with van der Waals surface area (Å²) < 4.78 is 41.6. The average Bonchev–Trinajstić information content (AvgIpc) is 2.42. The molecule has 1 aromatic rings. The molecular weight excluding hydrogens is 293 g/mol. The van der Waals surface area contributed by atoms with Gasteiger partial charge in [-0.2, -0.15) is 13.2 Å². The Morgan fingerprint density at radius 3 is 2.43 bits per heavy atom. The molecule has 1 amide bonds. The van der Waals surface area contributed by atoms with E-state index in [9.17, 15) is 27.6 Å². The molecule has 0 unspecified atom stereocenters. The first-order valence-electron chi connectivity index (χ1n) is 5.79. The van der Waals surface area contributed by atoms with Crippen LogP contribution < -0.4 is 5.56 Å². The molecular formula is C12H13F3N2O4. The summed E-state index contributed by atoms with van der Waals surface area (Å²) in [5, 5.41) is 0. The molecule has 0 aliphatic carbocycles. The molecule has 0 fully saturated rings. The smallest absolute Gasteiger partial charge is 0.431 e. The zero-order valence-corrected chi connectivity index (χ0v) is 11.3. The number of nitrogens with one attached hydrogen (secondary N) is 1. The van der Waals surface area contributed by atoms with E-state index in [-0.39, 0.29) is 13.0 Å². The van der Waals surface area contributed by atoms with Gasteiger partial charge in [0.15, 0.2) is 0 Å². The first kappa shape index (κ1) is 16.7. The van der Waals surface area contributed by atoms with Crippen LogP contribution in [0.15, 0.2) is 16.9 Å². The second kappa shape index (κ2) is 6.42. The maximum absolute atomic E-state index is 12.4. The van der Waals surface area contributed by atoms with Crippen molar-refractivity contribution in [1.82, 2.24) is 9.88 Å². The zero-order chi connectivity index (χ0) is 16.2. The van der Waals surface area contributed by atoms with Gasteiger partial charge in [0.05, 0.1) is 13.5 Å². The van der Waals surface area contributed by atoms with Gasteiger partial charge in [-0.3, -0.25) is 14.4 Å². The van der Waals surface area contributed by atoms with E-state index in [1.807, 2.05) is 0 Å². The molecule has 9 heteroatoms. The van der Waals surface area contributed by atoms with Crippen LogP contribution in [0.5, 0.6) is 0 Å². The van der Waals surface area contributed by atoms with Gasteiger partial charge in [0.2, 0.25) is 0 Å². The number of aromatic nitrogens is 1. The van der Waals surface area contributed by atoms with Crippen LogP contribution in [0.25, 0.3) is 0 Å². The number of aromatic amines is 1. The third-order valence-corrected chi connectivity index (χ3v) is 2.67.